The zero-order chi connectivity index (χ0) is 10.7. The first-order valence-corrected chi connectivity index (χ1v) is 3.96. The molecule has 0 bridgehead atoms. The lowest BCUT2D eigenvalue weighted by atomic mass is 10.3. The molecule has 0 spiro atoms. The van der Waals surface area contributed by atoms with Crippen molar-refractivity contribution in [1.82, 2.24) is 15.4 Å². The molecule has 0 unspecified atom stereocenters. The van der Waals surface area contributed by atoms with E-state index < -0.39 is 5.91 Å². The molecule has 0 atom stereocenters. The van der Waals surface area contributed by atoms with Crippen LogP contribution in [0.5, 0.6) is 0 Å². The molecule has 7 nitrogen and oxygen atoms in total. The van der Waals surface area contributed by atoms with Crippen LogP contribution in [0.25, 0.3) is 0 Å². The molecule has 2 aromatic heterocycles. The van der Waals surface area contributed by atoms with Gasteiger partial charge < -0.3 is 9.84 Å². The van der Waals surface area contributed by atoms with Crippen molar-refractivity contribution in [1.29, 1.82) is 5.26 Å². The fourth-order valence-corrected chi connectivity index (χ4v) is 0.973. The maximum absolute atomic E-state index is 11.5. The second-order valence-electron chi connectivity index (χ2n) is 2.61. The summed E-state index contributed by atoms with van der Waals surface area (Å²) in [6, 6.07) is 3.29. The van der Waals surface area contributed by atoms with E-state index in [1.807, 2.05) is 6.07 Å². The summed E-state index contributed by atoms with van der Waals surface area (Å²) in [5, 5.41) is 20.7. The predicted molar refractivity (Wildman–Crippen MR) is 47.8 cm³/mol. The predicted octanol–water partition coefficient (Wildman–Crippen LogP) is 0.522. The number of nitrogens with zero attached hydrogens (tertiary/aromatic N) is 3. The Labute approximate surface area is 83.7 Å². The minimum absolute atomic E-state index is 0.133. The van der Waals surface area contributed by atoms with Gasteiger partial charge in [-0.2, -0.15) is 10.4 Å². The monoisotopic (exact) mass is 203 g/mol. The fourth-order valence-electron chi connectivity index (χ4n) is 0.973. The zero-order valence-electron chi connectivity index (χ0n) is 7.39. The highest BCUT2D eigenvalue weighted by Gasteiger charge is 2.12. The van der Waals surface area contributed by atoms with Crippen molar-refractivity contribution in [2.24, 2.45) is 0 Å². The molecular formula is C8H5N5O2. The molecule has 0 saturated heterocycles. The minimum atomic E-state index is -0.468. The van der Waals surface area contributed by atoms with Crippen LogP contribution in [0.2, 0.25) is 0 Å². The van der Waals surface area contributed by atoms with Crippen molar-refractivity contribution in [3.05, 3.63) is 29.8 Å². The van der Waals surface area contributed by atoms with E-state index in [0.717, 1.165) is 0 Å². The largest absolute Gasteiger partial charge is 0.364 e. The fraction of sp³-hybridized carbons (Fsp3) is 0. The molecule has 0 aliphatic rings. The Morgan fingerprint density at radius 1 is 1.67 bits per heavy atom. The summed E-state index contributed by atoms with van der Waals surface area (Å²) in [5.41, 5.74) is 0.389. The van der Waals surface area contributed by atoms with Gasteiger partial charge in [0.25, 0.3) is 5.91 Å². The second-order valence-corrected chi connectivity index (χ2v) is 2.61. The van der Waals surface area contributed by atoms with Crippen LogP contribution in [0.15, 0.2) is 23.0 Å². The molecule has 2 heterocycles. The molecule has 0 aromatic carbocycles. The molecule has 1 amide bonds. The van der Waals surface area contributed by atoms with E-state index in [-0.39, 0.29) is 17.1 Å². The Kier molecular flexibility index (Phi) is 2.17. The van der Waals surface area contributed by atoms with E-state index in [1.54, 1.807) is 0 Å². The van der Waals surface area contributed by atoms with Crippen molar-refractivity contribution in [2.45, 2.75) is 0 Å². The molecule has 2 aromatic rings. The average molecular weight is 203 g/mol. The third-order valence-corrected chi connectivity index (χ3v) is 1.67. The summed E-state index contributed by atoms with van der Waals surface area (Å²) in [6.07, 6.45) is 2.60. The maximum atomic E-state index is 11.5. The molecule has 0 saturated carbocycles. The van der Waals surface area contributed by atoms with E-state index >= 15 is 0 Å². The maximum Gasteiger partial charge on any atom is 0.279 e. The van der Waals surface area contributed by atoms with Gasteiger partial charge in [0.05, 0.1) is 6.20 Å². The first kappa shape index (κ1) is 8.96. The molecule has 15 heavy (non-hydrogen) atoms. The average Bonchev–Trinajstić information content (AvgIpc) is 2.87. The van der Waals surface area contributed by atoms with Crippen molar-refractivity contribution >= 4 is 11.7 Å². The third-order valence-electron chi connectivity index (χ3n) is 1.67. The number of carbonyl (C=O) groups excluding carboxylic acids is 1. The highest BCUT2D eigenvalue weighted by atomic mass is 16.5. The Hall–Kier alpha value is -2.62. The van der Waals surface area contributed by atoms with Gasteiger partial charge >= 0.3 is 0 Å². The van der Waals surface area contributed by atoms with E-state index in [4.69, 9.17) is 5.26 Å². The Morgan fingerprint density at radius 2 is 2.53 bits per heavy atom. The van der Waals surface area contributed by atoms with Crippen LogP contribution < -0.4 is 5.32 Å². The quantitative estimate of drug-likeness (QED) is 0.739. The lowest BCUT2D eigenvalue weighted by molar-refractivity contribution is 0.101. The van der Waals surface area contributed by atoms with Crippen LogP contribution in [-0.4, -0.2) is 21.3 Å². The van der Waals surface area contributed by atoms with E-state index in [1.165, 1.54) is 18.5 Å². The summed E-state index contributed by atoms with van der Waals surface area (Å²) >= 11 is 0. The SMILES string of the molecule is N#Cc1cn[nH]c1NC(=O)c1ccon1. The van der Waals surface area contributed by atoms with Crippen LogP contribution >= 0.6 is 0 Å². The van der Waals surface area contributed by atoms with Crippen LogP contribution in [-0.2, 0) is 0 Å². The molecule has 7 heteroatoms. The number of hydrogen-bond acceptors (Lipinski definition) is 5. The van der Waals surface area contributed by atoms with Crippen molar-refractivity contribution < 1.29 is 9.32 Å². The summed E-state index contributed by atoms with van der Waals surface area (Å²) < 4.78 is 4.51. The highest BCUT2D eigenvalue weighted by Crippen LogP contribution is 2.10. The number of amides is 1. The van der Waals surface area contributed by atoms with E-state index in [0.29, 0.717) is 0 Å². The first-order valence-electron chi connectivity index (χ1n) is 3.96. The number of H-pyrrole nitrogens is 1. The smallest absolute Gasteiger partial charge is 0.279 e. The molecule has 74 valence electrons. The van der Waals surface area contributed by atoms with Gasteiger partial charge in [-0.25, -0.2) is 0 Å². The van der Waals surface area contributed by atoms with Gasteiger partial charge in [0.2, 0.25) is 0 Å². The summed E-state index contributed by atoms with van der Waals surface area (Å²) in [4.78, 5) is 11.5. The Morgan fingerprint density at radius 3 is 3.20 bits per heavy atom. The van der Waals surface area contributed by atoms with Crippen molar-refractivity contribution in [2.75, 3.05) is 5.32 Å². The molecule has 0 aliphatic carbocycles. The van der Waals surface area contributed by atoms with Gasteiger partial charge in [-0.3, -0.25) is 9.89 Å². The number of aromatic amines is 1. The number of nitriles is 1. The van der Waals surface area contributed by atoms with E-state index in [2.05, 4.69) is 25.2 Å². The van der Waals surface area contributed by atoms with Crippen molar-refractivity contribution in [3.8, 4) is 6.07 Å². The lowest BCUT2D eigenvalue weighted by Gasteiger charge is -1.98. The third kappa shape index (κ3) is 1.68. The van der Waals surface area contributed by atoms with Crippen LogP contribution in [0.4, 0.5) is 5.82 Å². The zero-order valence-corrected chi connectivity index (χ0v) is 7.39. The molecule has 0 radical (unpaired) electrons. The molecular weight excluding hydrogens is 198 g/mol. The number of anilines is 1. The normalized spacial score (nSPS) is 9.53. The standard InChI is InChI=1S/C8H5N5O2/c9-3-5-4-10-12-7(5)11-8(14)6-1-2-15-13-6/h1-2,4H,(H2,10,11,12,14). The van der Waals surface area contributed by atoms with Crippen molar-refractivity contribution in [3.63, 3.8) is 0 Å². The van der Waals surface area contributed by atoms with Crippen LogP contribution in [0, 0.1) is 11.3 Å². The molecule has 0 aliphatic heterocycles. The van der Waals surface area contributed by atoms with Gasteiger partial charge in [-0.1, -0.05) is 5.16 Å². The molecule has 0 fully saturated rings. The molecule has 2 rings (SSSR count). The highest BCUT2D eigenvalue weighted by molar-refractivity contribution is 6.02. The number of aromatic nitrogens is 3. The van der Waals surface area contributed by atoms with Gasteiger partial charge in [-0.05, 0) is 0 Å². The topological polar surface area (TPSA) is 108 Å². The van der Waals surface area contributed by atoms with E-state index in [9.17, 15) is 4.79 Å². The van der Waals surface area contributed by atoms with Gasteiger partial charge in [0.1, 0.15) is 23.7 Å². The number of nitrogens with one attached hydrogen (secondary N) is 2. The summed E-state index contributed by atoms with van der Waals surface area (Å²) in [5.74, 6) is -0.227. The summed E-state index contributed by atoms with van der Waals surface area (Å²) in [7, 11) is 0. The van der Waals surface area contributed by atoms with Gasteiger partial charge in [0.15, 0.2) is 5.69 Å². The Bertz CT molecular complexity index is 507. The summed E-state index contributed by atoms with van der Waals surface area (Å²) in [6.45, 7) is 0. The Balaban J connectivity index is 2.17. The number of hydrogen-bond donors (Lipinski definition) is 2. The first-order chi connectivity index (χ1) is 7.31. The van der Waals surface area contributed by atoms with Crippen LogP contribution in [0.1, 0.15) is 16.1 Å². The van der Waals surface area contributed by atoms with Gasteiger partial charge in [-0.15, -0.1) is 0 Å². The number of carbonyl (C=O) groups is 1. The second kappa shape index (κ2) is 3.63. The molecule has 2 N–H and O–H groups in total. The van der Waals surface area contributed by atoms with Gasteiger partial charge in [0, 0.05) is 6.07 Å². The lowest BCUT2D eigenvalue weighted by Crippen LogP contribution is -2.13. The van der Waals surface area contributed by atoms with Crippen LogP contribution in [0.3, 0.4) is 0 Å². The number of rotatable bonds is 2. The minimum Gasteiger partial charge on any atom is -0.364 e.